The third-order valence-corrected chi connectivity index (χ3v) is 4.84. The molecule has 2 aromatic rings. The minimum atomic E-state index is -0.467. The number of nitrogens with one attached hydrogen (secondary N) is 1. The van der Waals surface area contributed by atoms with Gasteiger partial charge >= 0.3 is 5.97 Å². The minimum absolute atomic E-state index is 0.205. The number of likely N-dealkylation sites (tertiary alicyclic amines) is 1. The molecule has 1 heterocycles. The zero-order valence-corrected chi connectivity index (χ0v) is 15.9. The molecule has 3 rings (SSSR count). The lowest BCUT2D eigenvalue weighted by atomic mass is 10.1. The number of carbonyl (C=O) groups is 2. The summed E-state index contributed by atoms with van der Waals surface area (Å²) < 4.78 is 23.2. The molecule has 0 aromatic heterocycles. The van der Waals surface area contributed by atoms with Crippen LogP contribution in [-0.2, 0) is 16.1 Å². The average Bonchev–Trinajstić information content (AvgIpc) is 3.11. The van der Waals surface area contributed by atoms with Gasteiger partial charge in [-0.1, -0.05) is 18.2 Å². The van der Waals surface area contributed by atoms with Gasteiger partial charge in [0.15, 0.2) is 0 Å². The van der Waals surface area contributed by atoms with Crippen LogP contribution in [0.25, 0.3) is 0 Å². The summed E-state index contributed by atoms with van der Waals surface area (Å²) in [5.41, 5.74) is 1.38. The molecule has 0 bridgehead atoms. The number of ether oxygens (including phenoxy) is 2. The number of hydrogen-bond acceptors (Lipinski definition) is 5. The molecule has 2 atom stereocenters. The molecule has 0 unspecified atom stereocenters. The van der Waals surface area contributed by atoms with E-state index in [0.29, 0.717) is 30.8 Å². The second-order valence-electron chi connectivity index (χ2n) is 6.73. The van der Waals surface area contributed by atoms with Crippen LogP contribution in [0.4, 0.5) is 4.39 Å². The number of esters is 1. The molecule has 0 spiro atoms. The van der Waals surface area contributed by atoms with Crippen molar-refractivity contribution in [3.63, 3.8) is 0 Å². The predicted molar refractivity (Wildman–Crippen MR) is 101 cm³/mol. The van der Waals surface area contributed by atoms with E-state index >= 15 is 0 Å². The van der Waals surface area contributed by atoms with Crippen molar-refractivity contribution in [1.29, 1.82) is 0 Å². The van der Waals surface area contributed by atoms with E-state index in [-0.39, 0.29) is 23.7 Å². The summed E-state index contributed by atoms with van der Waals surface area (Å²) in [6.07, 6.45) is 0.448. The van der Waals surface area contributed by atoms with Gasteiger partial charge in [0, 0.05) is 24.7 Å². The van der Waals surface area contributed by atoms with Crippen LogP contribution in [0.3, 0.4) is 0 Å². The fourth-order valence-electron chi connectivity index (χ4n) is 3.42. The van der Waals surface area contributed by atoms with Gasteiger partial charge in [-0.15, -0.1) is 0 Å². The lowest BCUT2D eigenvalue weighted by Gasteiger charge is -2.22. The van der Waals surface area contributed by atoms with Gasteiger partial charge in [0.25, 0.3) is 5.91 Å². The Morgan fingerprint density at radius 2 is 1.93 bits per heavy atom. The highest BCUT2D eigenvalue weighted by Crippen LogP contribution is 2.23. The van der Waals surface area contributed by atoms with Gasteiger partial charge in [0.2, 0.25) is 0 Å². The van der Waals surface area contributed by atoms with E-state index < -0.39 is 6.04 Å². The van der Waals surface area contributed by atoms with Gasteiger partial charge in [-0.25, -0.2) is 4.39 Å². The molecule has 0 radical (unpaired) electrons. The maximum Gasteiger partial charge on any atom is 0.323 e. The van der Waals surface area contributed by atoms with Crippen molar-refractivity contribution in [1.82, 2.24) is 10.2 Å². The zero-order valence-electron chi connectivity index (χ0n) is 15.9. The molecule has 1 N–H and O–H groups in total. The van der Waals surface area contributed by atoms with Crippen LogP contribution in [0.5, 0.6) is 5.75 Å². The summed E-state index contributed by atoms with van der Waals surface area (Å²) >= 11 is 0. The fraction of sp³-hybridized carbons (Fsp3) is 0.333. The molecule has 1 amide bonds. The van der Waals surface area contributed by atoms with Gasteiger partial charge < -0.3 is 14.8 Å². The molecule has 0 saturated carbocycles. The second-order valence-corrected chi connectivity index (χ2v) is 6.73. The Balaban J connectivity index is 1.69. The average molecular weight is 386 g/mol. The van der Waals surface area contributed by atoms with E-state index in [1.54, 1.807) is 43.5 Å². The maximum atomic E-state index is 13.1. The number of amides is 1. The Kier molecular flexibility index (Phi) is 6.26. The van der Waals surface area contributed by atoms with Gasteiger partial charge in [-0.05, 0) is 42.3 Å². The van der Waals surface area contributed by atoms with Crippen molar-refractivity contribution in [3.05, 3.63) is 65.5 Å². The number of carbonyl (C=O) groups excluding carboxylic acids is 2. The topological polar surface area (TPSA) is 67.9 Å². The highest BCUT2D eigenvalue weighted by molar-refractivity contribution is 5.94. The number of rotatable bonds is 6. The van der Waals surface area contributed by atoms with Crippen LogP contribution >= 0.6 is 0 Å². The first-order chi connectivity index (χ1) is 13.5. The number of halogens is 1. The van der Waals surface area contributed by atoms with Gasteiger partial charge in [-0.3, -0.25) is 14.5 Å². The summed E-state index contributed by atoms with van der Waals surface area (Å²) in [6.45, 7) is 0.957. The van der Waals surface area contributed by atoms with Crippen LogP contribution in [-0.4, -0.2) is 49.6 Å². The third-order valence-electron chi connectivity index (χ3n) is 4.84. The molecule has 28 heavy (non-hydrogen) atoms. The Morgan fingerprint density at radius 3 is 2.61 bits per heavy atom. The van der Waals surface area contributed by atoms with E-state index in [0.717, 1.165) is 5.56 Å². The smallest absolute Gasteiger partial charge is 0.323 e. The Morgan fingerprint density at radius 1 is 1.18 bits per heavy atom. The molecule has 2 aromatic carbocycles. The van der Waals surface area contributed by atoms with E-state index in [1.807, 2.05) is 4.90 Å². The molecule has 7 heteroatoms. The first kappa shape index (κ1) is 19.8. The molecular weight excluding hydrogens is 363 g/mol. The predicted octanol–water partition coefficient (Wildman–Crippen LogP) is 2.38. The number of methoxy groups -OCH3 is 2. The van der Waals surface area contributed by atoms with Gasteiger partial charge in [0.1, 0.15) is 17.6 Å². The zero-order chi connectivity index (χ0) is 20.1. The molecule has 1 fully saturated rings. The van der Waals surface area contributed by atoms with Crippen molar-refractivity contribution in [2.45, 2.75) is 25.0 Å². The van der Waals surface area contributed by atoms with E-state index in [1.165, 1.54) is 19.2 Å². The minimum Gasteiger partial charge on any atom is -0.497 e. The van der Waals surface area contributed by atoms with Crippen molar-refractivity contribution in [3.8, 4) is 5.75 Å². The molecule has 1 saturated heterocycles. The number of nitrogens with zero attached hydrogens (tertiary/aromatic N) is 1. The molecule has 1 aliphatic rings. The van der Waals surface area contributed by atoms with Crippen molar-refractivity contribution < 1.29 is 23.5 Å². The normalized spacial score (nSPS) is 19.2. The van der Waals surface area contributed by atoms with Crippen molar-refractivity contribution in [2.24, 2.45) is 0 Å². The Bertz CT molecular complexity index is 841. The molecule has 0 aliphatic carbocycles. The number of hydrogen-bond donors (Lipinski definition) is 1. The van der Waals surface area contributed by atoms with Gasteiger partial charge in [0.05, 0.1) is 14.2 Å². The first-order valence-corrected chi connectivity index (χ1v) is 9.01. The second kappa shape index (κ2) is 8.84. The van der Waals surface area contributed by atoms with Crippen LogP contribution in [0.15, 0.2) is 48.5 Å². The lowest BCUT2D eigenvalue weighted by Crippen LogP contribution is -2.37. The van der Waals surface area contributed by atoms with E-state index in [9.17, 15) is 14.0 Å². The summed E-state index contributed by atoms with van der Waals surface area (Å²) in [5, 5.41) is 2.98. The van der Waals surface area contributed by atoms with Crippen LogP contribution in [0, 0.1) is 5.82 Å². The lowest BCUT2D eigenvalue weighted by molar-refractivity contribution is -0.146. The Labute approximate surface area is 163 Å². The highest BCUT2D eigenvalue weighted by atomic mass is 19.1. The summed E-state index contributed by atoms with van der Waals surface area (Å²) in [7, 11) is 2.89. The molecule has 1 aliphatic heterocycles. The van der Waals surface area contributed by atoms with Crippen LogP contribution in [0.1, 0.15) is 22.3 Å². The molecule has 6 nitrogen and oxygen atoms in total. The maximum absolute atomic E-state index is 13.1. The SMILES string of the molecule is COC(=O)[C@@H]1C[C@@H](NC(=O)c2cccc(OC)c2)CN1Cc1ccc(F)cc1. The summed E-state index contributed by atoms with van der Waals surface area (Å²) in [5.74, 6) is -0.279. The quantitative estimate of drug-likeness (QED) is 0.772. The summed E-state index contributed by atoms with van der Waals surface area (Å²) in [4.78, 5) is 26.7. The van der Waals surface area contributed by atoms with Crippen LogP contribution < -0.4 is 10.1 Å². The monoisotopic (exact) mass is 386 g/mol. The summed E-state index contributed by atoms with van der Waals surface area (Å²) in [6, 6.07) is 12.4. The fourth-order valence-corrected chi connectivity index (χ4v) is 3.42. The van der Waals surface area contributed by atoms with E-state index in [2.05, 4.69) is 5.32 Å². The molecule has 148 valence electrons. The highest BCUT2D eigenvalue weighted by Gasteiger charge is 2.38. The van der Waals surface area contributed by atoms with Gasteiger partial charge in [-0.2, -0.15) is 0 Å². The largest absolute Gasteiger partial charge is 0.497 e. The standard InChI is InChI=1S/C21H23FN2O4/c1-27-18-5-3-4-15(10-18)20(25)23-17-11-19(21(26)28-2)24(13-17)12-14-6-8-16(22)9-7-14/h3-10,17,19H,11-13H2,1-2H3,(H,23,25)/t17-,19+/m1/s1. The van der Waals surface area contributed by atoms with E-state index in [4.69, 9.17) is 9.47 Å². The third kappa shape index (κ3) is 4.67. The Hall–Kier alpha value is -2.93. The van der Waals surface area contributed by atoms with Crippen molar-refractivity contribution >= 4 is 11.9 Å². The van der Waals surface area contributed by atoms with Crippen molar-refractivity contribution in [2.75, 3.05) is 20.8 Å². The number of benzene rings is 2. The first-order valence-electron chi connectivity index (χ1n) is 9.01. The molecular formula is C21H23FN2O4. The van der Waals surface area contributed by atoms with Crippen LogP contribution in [0.2, 0.25) is 0 Å².